The maximum atomic E-state index is 12.4. The first kappa shape index (κ1) is 22.1. The minimum atomic E-state index is -0.675. The average Bonchev–Trinajstić information content (AvgIpc) is 2.76. The van der Waals surface area contributed by atoms with Gasteiger partial charge in [0.05, 0.1) is 33.4 Å². The van der Waals surface area contributed by atoms with Crippen LogP contribution in [0.2, 0.25) is 0 Å². The van der Waals surface area contributed by atoms with Crippen molar-refractivity contribution < 1.29 is 29.6 Å². The summed E-state index contributed by atoms with van der Waals surface area (Å²) < 4.78 is 0. The molecule has 0 radical (unpaired) electrons. The third-order valence-electron chi connectivity index (χ3n) is 4.72. The summed E-state index contributed by atoms with van der Waals surface area (Å²) in [6.45, 7) is 0.664. The molecule has 1 saturated heterocycles. The van der Waals surface area contributed by atoms with E-state index >= 15 is 0 Å². The highest BCUT2D eigenvalue weighted by Crippen LogP contribution is 2.29. The Balaban J connectivity index is 1.54. The van der Waals surface area contributed by atoms with E-state index in [1.165, 1.54) is 21.9 Å². The first-order chi connectivity index (χ1) is 15.2. The van der Waals surface area contributed by atoms with Crippen LogP contribution in [0.15, 0.2) is 36.4 Å². The highest BCUT2D eigenvalue weighted by Gasteiger charge is 2.25. The van der Waals surface area contributed by atoms with E-state index in [-0.39, 0.29) is 48.9 Å². The molecule has 0 saturated carbocycles. The van der Waals surface area contributed by atoms with Crippen molar-refractivity contribution in [3.63, 3.8) is 0 Å². The van der Waals surface area contributed by atoms with Crippen LogP contribution in [-0.2, 0) is 0 Å². The van der Waals surface area contributed by atoms with Gasteiger partial charge in [0.25, 0.3) is 11.4 Å². The van der Waals surface area contributed by atoms with Crippen molar-refractivity contribution in [3.8, 4) is 11.5 Å². The van der Waals surface area contributed by atoms with E-state index in [1.807, 2.05) is 0 Å². The largest absolute Gasteiger partial charge is 0.506 e. The fourth-order valence-corrected chi connectivity index (χ4v) is 2.98. The van der Waals surface area contributed by atoms with Gasteiger partial charge in [-0.05, 0) is 12.1 Å². The first-order valence-corrected chi connectivity index (χ1v) is 9.22. The Bertz CT molecular complexity index is 998. The molecule has 0 atom stereocenters. The minimum Gasteiger partial charge on any atom is -0.506 e. The Hall–Kier alpha value is -4.62. The summed E-state index contributed by atoms with van der Waals surface area (Å²) in [5.74, 6) is -0.901. The molecule has 0 unspecified atom stereocenters. The van der Waals surface area contributed by atoms with Crippen molar-refractivity contribution in [1.82, 2.24) is 9.80 Å². The summed E-state index contributed by atoms with van der Waals surface area (Å²) >= 11 is 0. The van der Waals surface area contributed by atoms with Crippen molar-refractivity contribution in [1.29, 1.82) is 0 Å². The van der Waals surface area contributed by atoms with Crippen molar-refractivity contribution in [3.05, 3.63) is 56.6 Å². The molecule has 1 heterocycles. The molecule has 0 aromatic heterocycles. The van der Waals surface area contributed by atoms with E-state index in [0.29, 0.717) is 0 Å². The highest BCUT2D eigenvalue weighted by molar-refractivity contribution is 5.93. The molecule has 3 rings (SSSR count). The molecule has 0 spiro atoms. The van der Waals surface area contributed by atoms with Crippen molar-refractivity contribution in [2.24, 2.45) is 0 Å². The van der Waals surface area contributed by atoms with Crippen molar-refractivity contribution in [2.45, 2.75) is 0 Å². The number of rotatable bonds is 4. The third-order valence-corrected chi connectivity index (χ3v) is 4.72. The normalized spacial score (nSPS) is 13.4. The molecular weight excluding hydrogens is 428 g/mol. The smallest absolute Gasteiger partial charge is 0.322 e. The molecular formula is C18H18N6O8. The van der Waals surface area contributed by atoms with Gasteiger partial charge in [0.15, 0.2) is 0 Å². The number of nitrogens with zero attached hydrogens (tertiary/aromatic N) is 4. The zero-order valence-corrected chi connectivity index (χ0v) is 16.4. The predicted octanol–water partition coefficient (Wildman–Crippen LogP) is 2.30. The number of nitro groups is 2. The van der Waals surface area contributed by atoms with E-state index in [9.17, 15) is 40.0 Å². The zero-order chi connectivity index (χ0) is 23.4. The molecule has 2 aromatic carbocycles. The summed E-state index contributed by atoms with van der Waals surface area (Å²) in [5.41, 5.74) is -0.623. The maximum absolute atomic E-state index is 12.4. The van der Waals surface area contributed by atoms with Crippen LogP contribution in [0, 0.1) is 20.2 Å². The van der Waals surface area contributed by atoms with E-state index in [4.69, 9.17) is 0 Å². The van der Waals surface area contributed by atoms with Gasteiger partial charge in [0, 0.05) is 38.3 Å². The number of carbonyl (C=O) groups is 2. The Morgan fingerprint density at radius 2 is 1.09 bits per heavy atom. The summed E-state index contributed by atoms with van der Waals surface area (Å²) in [5, 5.41) is 46.1. The van der Waals surface area contributed by atoms with Crippen LogP contribution in [0.1, 0.15) is 0 Å². The standard InChI is InChI=1S/C18H18N6O8/c25-15-9-11(23(29)30)1-3-13(15)19-17(27)21-5-7-22(8-6-21)18(28)20-14-4-2-12(24(31)32)10-16(14)26/h1-4,9-10,25-26H,5-8H2,(H,19,27)(H,20,28). The number of aromatic hydroxyl groups is 2. The number of nitrogens with one attached hydrogen (secondary N) is 2. The van der Waals surface area contributed by atoms with E-state index < -0.39 is 33.4 Å². The first-order valence-electron chi connectivity index (χ1n) is 9.22. The van der Waals surface area contributed by atoms with Gasteiger partial charge in [-0.15, -0.1) is 0 Å². The number of benzene rings is 2. The quantitative estimate of drug-likeness (QED) is 0.312. The lowest BCUT2D eigenvalue weighted by Gasteiger charge is -2.34. The van der Waals surface area contributed by atoms with Crippen LogP contribution >= 0.6 is 0 Å². The second-order valence-electron chi connectivity index (χ2n) is 6.75. The number of urea groups is 2. The predicted molar refractivity (Wildman–Crippen MR) is 111 cm³/mol. The van der Waals surface area contributed by atoms with Gasteiger partial charge in [-0.3, -0.25) is 20.2 Å². The lowest BCUT2D eigenvalue weighted by atomic mass is 10.2. The lowest BCUT2D eigenvalue weighted by molar-refractivity contribution is -0.385. The Labute approximate surface area is 180 Å². The molecule has 168 valence electrons. The van der Waals surface area contributed by atoms with Gasteiger partial charge in [0.2, 0.25) is 0 Å². The van der Waals surface area contributed by atoms with Gasteiger partial charge >= 0.3 is 12.1 Å². The number of hydrogen-bond acceptors (Lipinski definition) is 8. The fourth-order valence-electron chi connectivity index (χ4n) is 2.98. The summed E-state index contributed by atoms with van der Waals surface area (Å²) in [4.78, 5) is 47.7. The lowest BCUT2D eigenvalue weighted by Crippen LogP contribution is -2.52. The molecule has 1 aliphatic heterocycles. The van der Waals surface area contributed by atoms with Crippen LogP contribution in [0.3, 0.4) is 0 Å². The second kappa shape index (κ2) is 9.03. The Morgan fingerprint density at radius 3 is 1.38 bits per heavy atom. The molecule has 0 aliphatic carbocycles. The molecule has 4 N–H and O–H groups in total. The number of nitro benzene ring substituents is 2. The summed E-state index contributed by atoms with van der Waals surface area (Å²) in [6.07, 6.45) is 0. The number of non-ortho nitro benzene ring substituents is 2. The molecule has 32 heavy (non-hydrogen) atoms. The molecule has 0 bridgehead atoms. The topological polar surface area (TPSA) is 191 Å². The average molecular weight is 446 g/mol. The minimum absolute atomic E-state index is 0.00872. The molecule has 2 aromatic rings. The fraction of sp³-hybridized carbons (Fsp3) is 0.222. The maximum Gasteiger partial charge on any atom is 0.322 e. The SMILES string of the molecule is O=C(Nc1ccc([N+](=O)[O-])cc1O)N1CCN(C(=O)Nc2ccc([N+](=O)[O-])cc2O)CC1. The van der Waals surface area contributed by atoms with E-state index in [1.54, 1.807) is 0 Å². The molecule has 14 heteroatoms. The number of phenols is 2. The third kappa shape index (κ3) is 4.92. The van der Waals surface area contributed by atoms with Crippen molar-refractivity contribution in [2.75, 3.05) is 36.8 Å². The molecule has 4 amide bonds. The number of hydrogen-bond donors (Lipinski definition) is 4. The molecule has 1 aliphatic rings. The number of phenolic OH excluding ortho intramolecular Hbond substituents is 2. The number of amides is 4. The second-order valence-corrected chi connectivity index (χ2v) is 6.75. The Kier molecular flexibility index (Phi) is 6.23. The van der Waals surface area contributed by atoms with E-state index in [2.05, 4.69) is 10.6 Å². The number of anilines is 2. The van der Waals surface area contributed by atoms with Gasteiger partial charge in [-0.25, -0.2) is 9.59 Å². The van der Waals surface area contributed by atoms with E-state index in [0.717, 1.165) is 24.3 Å². The van der Waals surface area contributed by atoms with Gasteiger partial charge < -0.3 is 30.6 Å². The van der Waals surface area contributed by atoms with Gasteiger partial charge in [-0.1, -0.05) is 0 Å². The van der Waals surface area contributed by atoms with Crippen LogP contribution in [0.5, 0.6) is 11.5 Å². The van der Waals surface area contributed by atoms with Gasteiger partial charge in [-0.2, -0.15) is 0 Å². The monoisotopic (exact) mass is 446 g/mol. The number of piperazine rings is 1. The molecule has 14 nitrogen and oxygen atoms in total. The molecule has 1 fully saturated rings. The zero-order valence-electron chi connectivity index (χ0n) is 16.4. The van der Waals surface area contributed by atoms with Crippen LogP contribution < -0.4 is 10.6 Å². The number of carbonyl (C=O) groups excluding carboxylic acids is 2. The van der Waals surface area contributed by atoms with Crippen LogP contribution in [0.4, 0.5) is 32.3 Å². The Morgan fingerprint density at radius 1 is 0.750 bits per heavy atom. The summed E-state index contributed by atoms with van der Waals surface area (Å²) in [7, 11) is 0. The van der Waals surface area contributed by atoms with Gasteiger partial charge in [0.1, 0.15) is 11.5 Å². The highest BCUT2D eigenvalue weighted by atomic mass is 16.6. The summed E-state index contributed by atoms with van der Waals surface area (Å²) in [6, 6.07) is 5.45. The van der Waals surface area contributed by atoms with Crippen molar-refractivity contribution >= 4 is 34.8 Å². The van der Waals surface area contributed by atoms with Crippen LogP contribution in [-0.4, -0.2) is 68.1 Å². The van der Waals surface area contributed by atoms with Crippen LogP contribution in [0.25, 0.3) is 0 Å².